The second-order valence-corrected chi connectivity index (χ2v) is 4.57. The van der Waals surface area contributed by atoms with E-state index < -0.39 is 5.97 Å². The highest BCUT2D eigenvalue weighted by Crippen LogP contribution is 2.07. The standard InChI is InChI=1S/C16H16N2O4/c19-15(7-6-14-5-3-11-22-14)18(10-8-16(20)21)12-13-4-1-2-9-17-13/h1-7,9,11H,8,10,12H2,(H,20,21)/b7-6+. The van der Waals surface area contributed by atoms with Crippen LogP contribution >= 0.6 is 0 Å². The first-order valence-corrected chi connectivity index (χ1v) is 6.77. The molecule has 0 atom stereocenters. The van der Waals surface area contributed by atoms with Crippen molar-refractivity contribution in [2.24, 2.45) is 0 Å². The van der Waals surface area contributed by atoms with E-state index in [-0.39, 0.29) is 25.4 Å². The number of furan rings is 1. The van der Waals surface area contributed by atoms with E-state index in [9.17, 15) is 9.59 Å². The van der Waals surface area contributed by atoms with Crippen molar-refractivity contribution < 1.29 is 19.1 Å². The molecule has 1 amide bonds. The summed E-state index contributed by atoms with van der Waals surface area (Å²) < 4.78 is 5.12. The quantitative estimate of drug-likeness (QED) is 0.792. The van der Waals surface area contributed by atoms with Crippen molar-refractivity contribution in [1.29, 1.82) is 0 Å². The number of hydrogen-bond donors (Lipinski definition) is 1. The Morgan fingerprint density at radius 2 is 2.14 bits per heavy atom. The molecule has 0 fully saturated rings. The van der Waals surface area contributed by atoms with Crippen molar-refractivity contribution in [2.75, 3.05) is 6.54 Å². The summed E-state index contributed by atoms with van der Waals surface area (Å²) in [5, 5.41) is 8.80. The number of aliphatic carboxylic acids is 1. The van der Waals surface area contributed by atoms with Gasteiger partial charge in [0.25, 0.3) is 0 Å². The zero-order valence-electron chi connectivity index (χ0n) is 11.9. The van der Waals surface area contributed by atoms with Gasteiger partial charge in [-0.1, -0.05) is 6.07 Å². The van der Waals surface area contributed by atoms with Crippen LogP contribution in [-0.4, -0.2) is 33.4 Å². The van der Waals surface area contributed by atoms with Gasteiger partial charge in [0, 0.05) is 18.8 Å². The van der Waals surface area contributed by atoms with Gasteiger partial charge < -0.3 is 14.4 Å². The third kappa shape index (κ3) is 4.90. The number of rotatable bonds is 7. The number of nitrogens with zero attached hydrogens (tertiary/aromatic N) is 2. The normalized spacial score (nSPS) is 10.7. The number of pyridine rings is 1. The number of aromatic nitrogens is 1. The zero-order chi connectivity index (χ0) is 15.8. The highest BCUT2D eigenvalue weighted by Gasteiger charge is 2.13. The molecule has 2 rings (SSSR count). The molecule has 0 radical (unpaired) electrons. The highest BCUT2D eigenvalue weighted by atomic mass is 16.4. The van der Waals surface area contributed by atoms with Crippen LogP contribution in [-0.2, 0) is 16.1 Å². The van der Waals surface area contributed by atoms with E-state index in [1.807, 2.05) is 6.07 Å². The average Bonchev–Trinajstić information content (AvgIpc) is 3.03. The van der Waals surface area contributed by atoms with Crippen LogP contribution in [0.25, 0.3) is 6.08 Å². The van der Waals surface area contributed by atoms with Crippen LogP contribution in [0.2, 0.25) is 0 Å². The summed E-state index contributed by atoms with van der Waals surface area (Å²) in [5.41, 5.74) is 0.702. The molecule has 0 aliphatic carbocycles. The van der Waals surface area contributed by atoms with Gasteiger partial charge in [0.1, 0.15) is 5.76 Å². The third-order valence-corrected chi connectivity index (χ3v) is 2.92. The minimum atomic E-state index is -0.950. The second-order valence-electron chi connectivity index (χ2n) is 4.57. The van der Waals surface area contributed by atoms with Crippen molar-refractivity contribution in [3.05, 3.63) is 60.3 Å². The first kappa shape index (κ1) is 15.5. The van der Waals surface area contributed by atoms with Gasteiger partial charge in [-0.2, -0.15) is 0 Å². The number of amides is 1. The molecule has 2 aromatic rings. The number of carbonyl (C=O) groups excluding carboxylic acids is 1. The number of carbonyl (C=O) groups is 2. The molecule has 6 heteroatoms. The molecule has 0 saturated carbocycles. The molecule has 114 valence electrons. The second kappa shape index (κ2) is 7.78. The zero-order valence-corrected chi connectivity index (χ0v) is 11.9. The van der Waals surface area contributed by atoms with Crippen LogP contribution in [0.3, 0.4) is 0 Å². The molecule has 0 bridgehead atoms. The average molecular weight is 300 g/mol. The molecule has 0 aromatic carbocycles. The summed E-state index contributed by atoms with van der Waals surface area (Å²) in [7, 11) is 0. The molecular formula is C16H16N2O4. The van der Waals surface area contributed by atoms with Crippen molar-refractivity contribution >= 4 is 18.0 Å². The lowest BCUT2D eigenvalue weighted by atomic mass is 10.3. The summed E-state index contributed by atoms with van der Waals surface area (Å²) in [6.07, 6.45) is 5.94. The Kier molecular flexibility index (Phi) is 5.48. The van der Waals surface area contributed by atoms with Crippen LogP contribution in [0, 0.1) is 0 Å². The van der Waals surface area contributed by atoms with Crippen LogP contribution in [0.1, 0.15) is 17.9 Å². The SMILES string of the molecule is O=C(O)CCN(Cc1ccccn1)C(=O)/C=C/c1ccco1. The molecule has 0 spiro atoms. The van der Waals surface area contributed by atoms with Gasteiger partial charge in [-0.15, -0.1) is 0 Å². The van der Waals surface area contributed by atoms with Gasteiger partial charge in [0.15, 0.2) is 0 Å². The number of carboxylic acid groups (broad SMARTS) is 1. The molecule has 22 heavy (non-hydrogen) atoms. The fourth-order valence-electron chi connectivity index (χ4n) is 1.83. The van der Waals surface area contributed by atoms with Gasteiger partial charge in [-0.25, -0.2) is 0 Å². The maximum absolute atomic E-state index is 12.2. The van der Waals surface area contributed by atoms with Gasteiger partial charge in [0.2, 0.25) is 5.91 Å². The fraction of sp³-hybridized carbons (Fsp3) is 0.188. The molecule has 0 unspecified atom stereocenters. The van der Waals surface area contributed by atoms with Gasteiger partial charge in [0.05, 0.1) is 24.9 Å². The van der Waals surface area contributed by atoms with Gasteiger partial charge in [-0.3, -0.25) is 14.6 Å². The maximum atomic E-state index is 12.2. The molecule has 0 saturated heterocycles. The minimum absolute atomic E-state index is 0.118. The molecule has 0 aliphatic rings. The van der Waals surface area contributed by atoms with Crippen molar-refractivity contribution in [2.45, 2.75) is 13.0 Å². The summed E-state index contributed by atoms with van der Waals surface area (Å²) in [4.78, 5) is 28.6. The topological polar surface area (TPSA) is 83.6 Å². The lowest BCUT2D eigenvalue weighted by Gasteiger charge is -2.19. The fourth-order valence-corrected chi connectivity index (χ4v) is 1.83. The minimum Gasteiger partial charge on any atom is -0.481 e. The first-order valence-electron chi connectivity index (χ1n) is 6.77. The van der Waals surface area contributed by atoms with Crippen molar-refractivity contribution in [3.63, 3.8) is 0 Å². The van der Waals surface area contributed by atoms with Crippen LogP contribution in [0.15, 0.2) is 53.3 Å². The molecule has 6 nitrogen and oxygen atoms in total. The summed E-state index contributed by atoms with van der Waals surface area (Å²) in [5.74, 6) is -0.679. The van der Waals surface area contributed by atoms with E-state index in [1.54, 1.807) is 36.5 Å². The Labute approximate surface area is 127 Å². The molecule has 2 heterocycles. The Balaban J connectivity index is 2.05. The Morgan fingerprint density at radius 3 is 2.77 bits per heavy atom. The Morgan fingerprint density at radius 1 is 1.27 bits per heavy atom. The van der Waals surface area contributed by atoms with Gasteiger partial charge >= 0.3 is 5.97 Å². The van der Waals surface area contributed by atoms with E-state index in [2.05, 4.69) is 4.98 Å². The molecule has 0 aliphatic heterocycles. The van der Waals surface area contributed by atoms with Gasteiger partial charge in [-0.05, 0) is 30.3 Å². The summed E-state index contributed by atoms with van der Waals surface area (Å²) in [6.45, 7) is 0.378. The third-order valence-electron chi connectivity index (χ3n) is 2.92. The summed E-state index contributed by atoms with van der Waals surface area (Å²) >= 11 is 0. The summed E-state index contributed by atoms with van der Waals surface area (Å²) in [6, 6.07) is 8.84. The van der Waals surface area contributed by atoms with Crippen LogP contribution in [0.4, 0.5) is 0 Å². The molecular weight excluding hydrogens is 284 g/mol. The largest absolute Gasteiger partial charge is 0.481 e. The van der Waals surface area contributed by atoms with Crippen LogP contribution in [0.5, 0.6) is 0 Å². The van der Waals surface area contributed by atoms with E-state index in [4.69, 9.17) is 9.52 Å². The molecule has 2 aromatic heterocycles. The lowest BCUT2D eigenvalue weighted by Crippen LogP contribution is -2.31. The van der Waals surface area contributed by atoms with E-state index >= 15 is 0 Å². The van der Waals surface area contributed by atoms with E-state index in [1.165, 1.54) is 17.2 Å². The lowest BCUT2D eigenvalue weighted by molar-refractivity contribution is -0.138. The Hall–Kier alpha value is -2.89. The van der Waals surface area contributed by atoms with E-state index in [0.717, 1.165) is 0 Å². The number of hydrogen-bond acceptors (Lipinski definition) is 4. The predicted molar refractivity (Wildman–Crippen MR) is 79.6 cm³/mol. The van der Waals surface area contributed by atoms with E-state index in [0.29, 0.717) is 11.5 Å². The van der Waals surface area contributed by atoms with Crippen LogP contribution < -0.4 is 0 Å². The monoisotopic (exact) mass is 300 g/mol. The maximum Gasteiger partial charge on any atom is 0.305 e. The van der Waals surface area contributed by atoms with Crippen molar-refractivity contribution in [1.82, 2.24) is 9.88 Å². The molecule has 1 N–H and O–H groups in total. The first-order chi connectivity index (χ1) is 10.6. The van der Waals surface area contributed by atoms with Crippen molar-refractivity contribution in [3.8, 4) is 0 Å². The predicted octanol–water partition coefficient (Wildman–Crippen LogP) is 2.19. The highest BCUT2D eigenvalue weighted by molar-refractivity contribution is 5.91. The Bertz CT molecular complexity index is 635. The number of carboxylic acids is 1. The smallest absolute Gasteiger partial charge is 0.305 e.